The first kappa shape index (κ1) is 10.7. The molecule has 0 amide bonds. The monoisotopic (exact) mass is 251 g/mol. The molecule has 2 atom stereocenters. The number of fused-ring (bicyclic) bond motifs is 1. The van der Waals surface area contributed by atoms with Crippen LogP contribution in [0, 0.1) is 5.82 Å². The van der Waals surface area contributed by atoms with Gasteiger partial charge in [-0.1, -0.05) is 0 Å². The number of aromatic nitrogens is 1. The summed E-state index contributed by atoms with van der Waals surface area (Å²) < 4.78 is 18.8. The zero-order chi connectivity index (χ0) is 11.8. The standard InChI is InChI=1S/C12H10FNO2S/c13-7-1-2-10-8(5-7)9(15)6-11(16-10)12-14-3-4-17-12/h1-5,9,11,15H,6H2. The molecule has 3 rings (SSSR count). The normalized spacial score (nSPS) is 22.9. The molecule has 1 aromatic carbocycles. The second-order valence-electron chi connectivity index (χ2n) is 3.91. The van der Waals surface area contributed by atoms with Crippen molar-refractivity contribution >= 4 is 11.3 Å². The van der Waals surface area contributed by atoms with Crippen LogP contribution in [0.1, 0.15) is 29.2 Å². The van der Waals surface area contributed by atoms with Crippen LogP contribution in [0.25, 0.3) is 0 Å². The van der Waals surface area contributed by atoms with E-state index in [2.05, 4.69) is 4.98 Å². The maximum Gasteiger partial charge on any atom is 0.153 e. The quantitative estimate of drug-likeness (QED) is 0.847. The number of aliphatic hydroxyl groups is 1. The molecule has 0 bridgehead atoms. The van der Waals surface area contributed by atoms with E-state index in [0.717, 1.165) is 5.01 Å². The third kappa shape index (κ3) is 1.92. The lowest BCUT2D eigenvalue weighted by Gasteiger charge is -2.28. The summed E-state index contributed by atoms with van der Waals surface area (Å²) >= 11 is 1.49. The Kier molecular flexibility index (Phi) is 2.57. The molecule has 5 heteroatoms. The minimum absolute atomic E-state index is 0.247. The van der Waals surface area contributed by atoms with Gasteiger partial charge in [-0.15, -0.1) is 11.3 Å². The van der Waals surface area contributed by atoms with Crippen molar-refractivity contribution in [2.45, 2.75) is 18.6 Å². The molecule has 0 saturated heterocycles. The third-order valence-corrected chi connectivity index (χ3v) is 3.63. The maximum absolute atomic E-state index is 13.1. The highest BCUT2D eigenvalue weighted by Gasteiger charge is 2.29. The zero-order valence-electron chi connectivity index (χ0n) is 8.84. The molecule has 0 spiro atoms. The van der Waals surface area contributed by atoms with Gasteiger partial charge in [0.05, 0.1) is 6.10 Å². The lowest BCUT2D eigenvalue weighted by Crippen LogP contribution is -2.19. The number of ether oxygens (including phenoxy) is 1. The van der Waals surface area contributed by atoms with E-state index < -0.39 is 6.10 Å². The molecule has 0 radical (unpaired) electrons. The van der Waals surface area contributed by atoms with Crippen LogP contribution in [0.4, 0.5) is 4.39 Å². The average Bonchev–Trinajstić information content (AvgIpc) is 2.83. The molecule has 2 heterocycles. The molecule has 1 aromatic heterocycles. The van der Waals surface area contributed by atoms with E-state index in [9.17, 15) is 9.50 Å². The Morgan fingerprint density at radius 3 is 3.12 bits per heavy atom. The molecule has 0 aliphatic carbocycles. The Morgan fingerprint density at radius 1 is 1.47 bits per heavy atom. The van der Waals surface area contributed by atoms with E-state index in [0.29, 0.717) is 17.7 Å². The van der Waals surface area contributed by atoms with Gasteiger partial charge in [0.25, 0.3) is 0 Å². The lowest BCUT2D eigenvalue weighted by atomic mass is 9.99. The first-order valence-electron chi connectivity index (χ1n) is 5.27. The predicted octanol–water partition coefficient (Wildman–Crippen LogP) is 2.84. The van der Waals surface area contributed by atoms with Crippen LogP contribution in [-0.2, 0) is 0 Å². The Balaban J connectivity index is 1.96. The number of halogens is 1. The van der Waals surface area contributed by atoms with Gasteiger partial charge in [-0.3, -0.25) is 0 Å². The molecule has 3 nitrogen and oxygen atoms in total. The third-order valence-electron chi connectivity index (χ3n) is 2.76. The maximum atomic E-state index is 13.1. The van der Waals surface area contributed by atoms with Crippen molar-refractivity contribution in [3.05, 3.63) is 46.2 Å². The van der Waals surface area contributed by atoms with Crippen LogP contribution in [0.2, 0.25) is 0 Å². The van der Waals surface area contributed by atoms with Gasteiger partial charge in [-0.05, 0) is 18.2 Å². The highest BCUT2D eigenvalue weighted by molar-refractivity contribution is 7.09. The summed E-state index contributed by atoms with van der Waals surface area (Å²) in [6, 6.07) is 4.20. The van der Waals surface area contributed by atoms with Crippen LogP contribution in [0.3, 0.4) is 0 Å². The van der Waals surface area contributed by atoms with E-state index in [-0.39, 0.29) is 11.9 Å². The van der Waals surface area contributed by atoms with Crippen molar-refractivity contribution < 1.29 is 14.2 Å². The Morgan fingerprint density at radius 2 is 2.35 bits per heavy atom. The van der Waals surface area contributed by atoms with Crippen molar-refractivity contribution in [3.8, 4) is 5.75 Å². The highest BCUT2D eigenvalue weighted by Crippen LogP contribution is 2.41. The van der Waals surface area contributed by atoms with Gasteiger partial charge >= 0.3 is 0 Å². The Labute approximate surface area is 102 Å². The first-order chi connectivity index (χ1) is 8.24. The minimum Gasteiger partial charge on any atom is -0.483 e. The molecule has 2 unspecified atom stereocenters. The molecule has 17 heavy (non-hydrogen) atoms. The van der Waals surface area contributed by atoms with Gasteiger partial charge in [0, 0.05) is 23.6 Å². The molecule has 88 valence electrons. The Bertz CT molecular complexity index is 529. The topological polar surface area (TPSA) is 42.4 Å². The summed E-state index contributed by atoms with van der Waals surface area (Å²) in [5.41, 5.74) is 0.512. The fourth-order valence-corrected chi connectivity index (χ4v) is 2.64. The van der Waals surface area contributed by atoms with Crippen LogP contribution < -0.4 is 4.74 Å². The fourth-order valence-electron chi connectivity index (χ4n) is 1.96. The van der Waals surface area contributed by atoms with Crippen molar-refractivity contribution in [3.63, 3.8) is 0 Å². The number of hydrogen-bond donors (Lipinski definition) is 1. The predicted molar refractivity (Wildman–Crippen MR) is 61.5 cm³/mol. The van der Waals surface area contributed by atoms with Crippen molar-refractivity contribution in [2.24, 2.45) is 0 Å². The SMILES string of the molecule is OC1CC(c2nccs2)Oc2ccc(F)cc21. The molecule has 1 aliphatic rings. The van der Waals surface area contributed by atoms with Gasteiger partial charge in [-0.25, -0.2) is 9.37 Å². The second-order valence-corrected chi connectivity index (χ2v) is 4.84. The number of thiazole rings is 1. The van der Waals surface area contributed by atoms with E-state index in [1.807, 2.05) is 5.38 Å². The summed E-state index contributed by atoms with van der Waals surface area (Å²) in [7, 11) is 0. The number of aliphatic hydroxyl groups excluding tert-OH is 1. The number of nitrogens with zero attached hydrogens (tertiary/aromatic N) is 1. The summed E-state index contributed by atoms with van der Waals surface area (Å²) in [6.45, 7) is 0. The van der Waals surface area contributed by atoms with Gasteiger partial charge in [0.2, 0.25) is 0 Å². The first-order valence-corrected chi connectivity index (χ1v) is 6.15. The van der Waals surface area contributed by atoms with Crippen LogP contribution in [0.15, 0.2) is 29.8 Å². The van der Waals surface area contributed by atoms with Crippen molar-refractivity contribution in [2.75, 3.05) is 0 Å². The fraction of sp³-hybridized carbons (Fsp3) is 0.250. The van der Waals surface area contributed by atoms with Gasteiger partial charge < -0.3 is 9.84 Å². The van der Waals surface area contributed by atoms with E-state index in [1.165, 1.54) is 23.5 Å². The molecular formula is C12H10FNO2S. The molecular weight excluding hydrogens is 241 g/mol. The van der Waals surface area contributed by atoms with E-state index in [1.54, 1.807) is 12.3 Å². The van der Waals surface area contributed by atoms with Crippen LogP contribution in [0.5, 0.6) is 5.75 Å². The molecule has 1 N–H and O–H groups in total. The van der Waals surface area contributed by atoms with Crippen LogP contribution in [-0.4, -0.2) is 10.1 Å². The molecule has 0 saturated carbocycles. The average molecular weight is 251 g/mol. The molecule has 0 fully saturated rings. The Hall–Kier alpha value is -1.46. The van der Waals surface area contributed by atoms with Crippen molar-refractivity contribution in [1.29, 1.82) is 0 Å². The summed E-state index contributed by atoms with van der Waals surface area (Å²) in [4.78, 5) is 4.17. The lowest BCUT2D eigenvalue weighted by molar-refractivity contribution is 0.0652. The van der Waals surface area contributed by atoms with E-state index in [4.69, 9.17) is 4.74 Å². The molecule has 2 aromatic rings. The molecule has 1 aliphatic heterocycles. The van der Waals surface area contributed by atoms with Gasteiger partial charge in [-0.2, -0.15) is 0 Å². The van der Waals surface area contributed by atoms with Gasteiger partial charge in [0.15, 0.2) is 6.10 Å². The van der Waals surface area contributed by atoms with Crippen LogP contribution >= 0.6 is 11.3 Å². The summed E-state index contributed by atoms with van der Waals surface area (Å²) in [6.07, 6.45) is 1.16. The van der Waals surface area contributed by atoms with Gasteiger partial charge in [0.1, 0.15) is 16.6 Å². The number of benzene rings is 1. The number of hydrogen-bond acceptors (Lipinski definition) is 4. The zero-order valence-corrected chi connectivity index (χ0v) is 9.65. The van der Waals surface area contributed by atoms with Crippen molar-refractivity contribution in [1.82, 2.24) is 4.98 Å². The highest BCUT2D eigenvalue weighted by atomic mass is 32.1. The smallest absolute Gasteiger partial charge is 0.153 e. The summed E-state index contributed by atoms with van der Waals surface area (Å²) in [5, 5.41) is 12.7. The minimum atomic E-state index is -0.705. The van der Waals surface area contributed by atoms with E-state index >= 15 is 0 Å². The summed E-state index contributed by atoms with van der Waals surface area (Å²) in [5.74, 6) is 0.171. The number of rotatable bonds is 1. The largest absolute Gasteiger partial charge is 0.483 e. The second kappa shape index (κ2) is 4.09.